The van der Waals surface area contributed by atoms with Crippen molar-refractivity contribution in [2.75, 3.05) is 0 Å². The standard InChI is InChI=1S/C14H8ClFN2O3/c15-9-6-7(16)4-5-11(9)18-12-8(13(19)20)2-1-3-10(12)17-14(18)21/h1-6H,(H,17,21)(H,19,20). The van der Waals surface area contributed by atoms with E-state index >= 15 is 0 Å². The number of fused-ring (bicyclic) bond motifs is 1. The molecule has 2 aromatic carbocycles. The second-order valence-electron chi connectivity index (χ2n) is 4.37. The molecule has 3 rings (SSSR count). The Morgan fingerprint density at radius 2 is 2.05 bits per heavy atom. The Balaban J connectivity index is 2.45. The lowest BCUT2D eigenvalue weighted by Crippen LogP contribution is -2.16. The molecule has 0 aliphatic carbocycles. The monoisotopic (exact) mass is 306 g/mol. The zero-order valence-corrected chi connectivity index (χ0v) is 11.2. The molecule has 0 aliphatic rings. The number of rotatable bonds is 2. The van der Waals surface area contributed by atoms with Gasteiger partial charge in [0.05, 0.1) is 27.3 Å². The van der Waals surface area contributed by atoms with Gasteiger partial charge in [0, 0.05) is 0 Å². The van der Waals surface area contributed by atoms with Crippen molar-refractivity contribution < 1.29 is 14.3 Å². The Morgan fingerprint density at radius 1 is 1.29 bits per heavy atom. The molecule has 0 spiro atoms. The lowest BCUT2D eigenvalue weighted by atomic mass is 10.2. The van der Waals surface area contributed by atoms with Crippen molar-refractivity contribution in [2.24, 2.45) is 0 Å². The Bertz CT molecular complexity index is 930. The van der Waals surface area contributed by atoms with E-state index in [2.05, 4.69) is 4.98 Å². The van der Waals surface area contributed by atoms with E-state index in [1.807, 2.05) is 0 Å². The number of para-hydroxylation sites is 1. The van der Waals surface area contributed by atoms with Crippen LogP contribution in [0.1, 0.15) is 10.4 Å². The Hall–Kier alpha value is -2.60. The normalized spacial score (nSPS) is 11.0. The van der Waals surface area contributed by atoms with Gasteiger partial charge in [0.2, 0.25) is 0 Å². The molecule has 5 nitrogen and oxygen atoms in total. The van der Waals surface area contributed by atoms with Crippen LogP contribution in [0.15, 0.2) is 41.2 Å². The lowest BCUT2D eigenvalue weighted by molar-refractivity contribution is 0.0698. The molecular weight excluding hydrogens is 299 g/mol. The highest BCUT2D eigenvalue weighted by atomic mass is 35.5. The van der Waals surface area contributed by atoms with E-state index in [4.69, 9.17) is 11.6 Å². The van der Waals surface area contributed by atoms with Crippen molar-refractivity contribution in [3.63, 3.8) is 0 Å². The summed E-state index contributed by atoms with van der Waals surface area (Å²) in [6.45, 7) is 0. The summed E-state index contributed by atoms with van der Waals surface area (Å²) in [6.07, 6.45) is 0. The maximum Gasteiger partial charge on any atom is 0.337 e. The van der Waals surface area contributed by atoms with Gasteiger partial charge >= 0.3 is 11.7 Å². The summed E-state index contributed by atoms with van der Waals surface area (Å²) >= 11 is 5.96. The summed E-state index contributed by atoms with van der Waals surface area (Å²) in [7, 11) is 0. The first kappa shape index (κ1) is 13.4. The molecule has 0 unspecified atom stereocenters. The molecule has 0 bridgehead atoms. The second-order valence-corrected chi connectivity index (χ2v) is 4.78. The molecule has 0 aliphatic heterocycles. The van der Waals surface area contributed by atoms with Crippen molar-refractivity contribution >= 4 is 28.6 Å². The van der Waals surface area contributed by atoms with Crippen molar-refractivity contribution in [3.05, 3.63) is 63.3 Å². The number of H-pyrrole nitrogens is 1. The van der Waals surface area contributed by atoms with Gasteiger partial charge < -0.3 is 10.1 Å². The lowest BCUT2D eigenvalue weighted by Gasteiger charge is -2.07. The Kier molecular flexibility index (Phi) is 3.03. The van der Waals surface area contributed by atoms with E-state index in [9.17, 15) is 19.1 Å². The number of benzene rings is 2. The number of hydrogen-bond donors (Lipinski definition) is 2. The van der Waals surface area contributed by atoms with Crippen molar-refractivity contribution in [2.45, 2.75) is 0 Å². The fourth-order valence-corrected chi connectivity index (χ4v) is 2.47. The molecule has 2 N–H and O–H groups in total. The highest BCUT2D eigenvalue weighted by molar-refractivity contribution is 6.32. The van der Waals surface area contributed by atoms with Crippen LogP contribution in [0.5, 0.6) is 0 Å². The molecule has 0 saturated heterocycles. The number of aromatic nitrogens is 2. The van der Waals surface area contributed by atoms with Gasteiger partial charge in [-0.15, -0.1) is 0 Å². The second kappa shape index (κ2) is 4.75. The fourth-order valence-electron chi connectivity index (χ4n) is 2.22. The first-order valence-electron chi connectivity index (χ1n) is 5.91. The summed E-state index contributed by atoms with van der Waals surface area (Å²) in [4.78, 5) is 26.0. The average Bonchev–Trinajstić information content (AvgIpc) is 2.74. The van der Waals surface area contributed by atoms with Crippen LogP contribution in [0.2, 0.25) is 5.02 Å². The van der Waals surface area contributed by atoms with E-state index in [1.165, 1.54) is 18.2 Å². The van der Waals surface area contributed by atoms with Gasteiger partial charge in [-0.3, -0.25) is 4.57 Å². The van der Waals surface area contributed by atoms with Crippen molar-refractivity contribution in [1.29, 1.82) is 0 Å². The molecule has 0 atom stereocenters. The van der Waals surface area contributed by atoms with E-state index in [-0.39, 0.29) is 21.8 Å². The minimum Gasteiger partial charge on any atom is -0.478 e. The largest absolute Gasteiger partial charge is 0.478 e. The van der Waals surface area contributed by atoms with Gasteiger partial charge in [-0.05, 0) is 30.3 Å². The Labute approximate surface area is 122 Å². The quantitative estimate of drug-likeness (QED) is 0.764. The number of nitrogens with one attached hydrogen (secondary N) is 1. The summed E-state index contributed by atoms with van der Waals surface area (Å²) < 4.78 is 14.3. The van der Waals surface area contributed by atoms with Crippen LogP contribution in [0.4, 0.5) is 4.39 Å². The number of nitrogens with zero attached hydrogens (tertiary/aromatic N) is 1. The molecule has 7 heteroatoms. The van der Waals surface area contributed by atoms with Gasteiger partial charge in [0.15, 0.2) is 0 Å². The highest BCUT2D eigenvalue weighted by Crippen LogP contribution is 2.25. The zero-order valence-electron chi connectivity index (χ0n) is 10.4. The van der Waals surface area contributed by atoms with Crippen LogP contribution in [0, 0.1) is 5.82 Å². The predicted molar refractivity (Wildman–Crippen MR) is 75.8 cm³/mol. The summed E-state index contributed by atoms with van der Waals surface area (Å²) in [5.74, 6) is -1.72. The molecule has 0 fully saturated rings. The molecule has 0 saturated carbocycles. The van der Waals surface area contributed by atoms with Gasteiger partial charge in [-0.25, -0.2) is 14.0 Å². The van der Waals surface area contributed by atoms with E-state index < -0.39 is 17.5 Å². The summed E-state index contributed by atoms with van der Waals surface area (Å²) in [5.41, 5.74) is 0.158. The maximum atomic E-state index is 13.1. The third kappa shape index (κ3) is 2.09. The van der Waals surface area contributed by atoms with Gasteiger partial charge in [0.1, 0.15) is 5.82 Å². The highest BCUT2D eigenvalue weighted by Gasteiger charge is 2.18. The topological polar surface area (TPSA) is 75.1 Å². The third-order valence-corrected chi connectivity index (χ3v) is 3.39. The zero-order chi connectivity index (χ0) is 15.1. The van der Waals surface area contributed by atoms with Crippen LogP contribution in [-0.4, -0.2) is 20.6 Å². The van der Waals surface area contributed by atoms with Gasteiger partial charge in [-0.1, -0.05) is 17.7 Å². The predicted octanol–water partition coefficient (Wildman–Crippen LogP) is 2.81. The third-order valence-electron chi connectivity index (χ3n) is 3.09. The number of carboxylic acids is 1. The van der Waals surface area contributed by atoms with Crippen LogP contribution in [0.25, 0.3) is 16.7 Å². The van der Waals surface area contributed by atoms with Crippen LogP contribution >= 0.6 is 11.6 Å². The van der Waals surface area contributed by atoms with Crippen LogP contribution in [-0.2, 0) is 0 Å². The average molecular weight is 307 g/mol. The van der Waals surface area contributed by atoms with Crippen LogP contribution in [0.3, 0.4) is 0 Å². The minimum atomic E-state index is -1.17. The molecule has 1 aromatic heterocycles. The van der Waals surface area contributed by atoms with E-state index in [1.54, 1.807) is 6.07 Å². The first-order valence-corrected chi connectivity index (χ1v) is 6.29. The number of aromatic carboxylic acids is 1. The van der Waals surface area contributed by atoms with Crippen molar-refractivity contribution in [1.82, 2.24) is 9.55 Å². The Morgan fingerprint density at radius 3 is 2.71 bits per heavy atom. The molecule has 106 valence electrons. The number of carboxylic acid groups (broad SMARTS) is 1. The molecule has 0 amide bonds. The number of halogens is 2. The number of aromatic amines is 1. The SMILES string of the molecule is O=C(O)c1cccc2[nH]c(=O)n(-c3ccc(F)cc3Cl)c12. The molecule has 3 aromatic rings. The summed E-state index contributed by atoms with van der Waals surface area (Å²) in [5, 5.41) is 9.27. The number of hydrogen-bond acceptors (Lipinski definition) is 2. The van der Waals surface area contributed by atoms with Gasteiger partial charge in [0.25, 0.3) is 0 Å². The van der Waals surface area contributed by atoms with E-state index in [0.717, 1.165) is 16.7 Å². The molecule has 1 heterocycles. The van der Waals surface area contributed by atoms with Crippen molar-refractivity contribution in [3.8, 4) is 5.69 Å². The van der Waals surface area contributed by atoms with Crippen LogP contribution < -0.4 is 5.69 Å². The smallest absolute Gasteiger partial charge is 0.337 e. The minimum absolute atomic E-state index is 0.0122. The van der Waals surface area contributed by atoms with Gasteiger partial charge in [-0.2, -0.15) is 0 Å². The van der Waals surface area contributed by atoms with E-state index in [0.29, 0.717) is 5.52 Å². The fraction of sp³-hybridized carbons (Fsp3) is 0. The molecule has 0 radical (unpaired) electrons. The molecular formula is C14H8ClFN2O3. The number of imidazole rings is 1. The summed E-state index contributed by atoms with van der Waals surface area (Å²) in [6, 6.07) is 8.02. The maximum absolute atomic E-state index is 13.1. The first-order chi connectivity index (χ1) is 9.99. The molecule has 21 heavy (non-hydrogen) atoms. The number of carbonyl (C=O) groups is 1.